The van der Waals surface area contributed by atoms with E-state index in [0.29, 0.717) is 12.5 Å². The van der Waals surface area contributed by atoms with Crippen molar-refractivity contribution < 1.29 is 9.90 Å². The number of carboxylic acid groups (broad SMARTS) is 1. The van der Waals surface area contributed by atoms with Gasteiger partial charge in [0.15, 0.2) is 0 Å². The van der Waals surface area contributed by atoms with Gasteiger partial charge < -0.3 is 5.11 Å². The van der Waals surface area contributed by atoms with Gasteiger partial charge in [-0.15, -0.1) is 0 Å². The van der Waals surface area contributed by atoms with Gasteiger partial charge in [0.25, 0.3) is 0 Å². The number of halogens is 2. The summed E-state index contributed by atoms with van der Waals surface area (Å²) >= 11 is 9.71. The number of rotatable bonds is 7. The summed E-state index contributed by atoms with van der Waals surface area (Å²) in [6.07, 6.45) is 0.843. The zero-order chi connectivity index (χ0) is 15.3. The SMILES string of the molecule is CC(C)N(CCCC(=O)O)C(C)c1ccc(Br)cc1Cl. The smallest absolute Gasteiger partial charge is 0.303 e. The first-order chi connectivity index (χ1) is 9.32. The topological polar surface area (TPSA) is 40.5 Å². The second-order valence-corrected chi connectivity index (χ2v) is 6.49. The minimum atomic E-state index is -0.747. The molecule has 1 unspecified atom stereocenters. The molecule has 0 bridgehead atoms. The van der Waals surface area contributed by atoms with Gasteiger partial charge in [0.1, 0.15) is 0 Å². The monoisotopic (exact) mass is 361 g/mol. The maximum absolute atomic E-state index is 10.6. The highest BCUT2D eigenvalue weighted by Gasteiger charge is 2.20. The summed E-state index contributed by atoms with van der Waals surface area (Å²) in [5.74, 6) is -0.747. The molecular weight excluding hydrogens is 342 g/mol. The van der Waals surface area contributed by atoms with E-state index in [0.717, 1.165) is 21.6 Å². The predicted octanol–water partition coefficient (Wildman–Crippen LogP) is 4.74. The van der Waals surface area contributed by atoms with Gasteiger partial charge in [-0.1, -0.05) is 33.6 Å². The van der Waals surface area contributed by atoms with E-state index in [-0.39, 0.29) is 12.5 Å². The zero-order valence-corrected chi connectivity index (χ0v) is 14.4. The van der Waals surface area contributed by atoms with Crippen molar-refractivity contribution in [2.45, 2.75) is 45.7 Å². The molecule has 0 saturated carbocycles. The molecule has 1 rings (SSSR count). The summed E-state index contributed by atoms with van der Waals surface area (Å²) in [5.41, 5.74) is 1.07. The van der Waals surface area contributed by atoms with Crippen molar-refractivity contribution >= 4 is 33.5 Å². The Morgan fingerprint density at radius 3 is 2.55 bits per heavy atom. The molecule has 1 atom stereocenters. The van der Waals surface area contributed by atoms with E-state index in [2.05, 4.69) is 41.6 Å². The Kier molecular flexibility index (Phi) is 7.00. The molecule has 0 aliphatic carbocycles. The van der Waals surface area contributed by atoms with Gasteiger partial charge in [0, 0.05) is 28.0 Å². The second-order valence-electron chi connectivity index (χ2n) is 5.17. The molecular formula is C15H21BrClNO2. The molecule has 1 aromatic carbocycles. The lowest BCUT2D eigenvalue weighted by atomic mass is 10.0. The number of carboxylic acids is 1. The van der Waals surface area contributed by atoms with Crippen molar-refractivity contribution in [1.29, 1.82) is 0 Å². The Hall–Kier alpha value is -0.580. The maximum atomic E-state index is 10.6. The summed E-state index contributed by atoms with van der Waals surface area (Å²) in [7, 11) is 0. The summed E-state index contributed by atoms with van der Waals surface area (Å²) in [5, 5.41) is 9.48. The summed E-state index contributed by atoms with van der Waals surface area (Å²) in [6.45, 7) is 7.08. The lowest BCUT2D eigenvalue weighted by Gasteiger charge is -2.33. The zero-order valence-electron chi connectivity index (χ0n) is 12.1. The van der Waals surface area contributed by atoms with Crippen LogP contribution < -0.4 is 0 Å². The Labute approximate surface area is 134 Å². The lowest BCUT2D eigenvalue weighted by molar-refractivity contribution is -0.137. The molecule has 5 heteroatoms. The van der Waals surface area contributed by atoms with E-state index in [1.54, 1.807) is 0 Å². The van der Waals surface area contributed by atoms with Crippen molar-refractivity contribution in [2.75, 3.05) is 6.54 Å². The van der Waals surface area contributed by atoms with Gasteiger partial charge in [0.2, 0.25) is 0 Å². The quantitative estimate of drug-likeness (QED) is 0.761. The highest BCUT2D eigenvalue weighted by molar-refractivity contribution is 9.10. The summed E-state index contributed by atoms with van der Waals surface area (Å²) < 4.78 is 0.959. The largest absolute Gasteiger partial charge is 0.481 e. The molecule has 0 spiro atoms. The van der Waals surface area contributed by atoms with Crippen LogP contribution in [0, 0.1) is 0 Å². The third-order valence-corrected chi connectivity index (χ3v) is 4.20. The fraction of sp³-hybridized carbons (Fsp3) is 0.533. The second kappa shape index (κ2) is 8.01. The fourth-order valence-electron chi connectivity index (χ4n) is 2.33. The van der Waals surface area contributed by atoms with Crippen molar-refractivity contribution in [2.24, 2.45) is 0 Å². The van der Waals surface area contributed by atoms with Crippen molar-refractivity contribution in [3.8, 4) is 0 Å². The van der Waals surface area contributed by atoms with E-state index in [1.807, 2.05) is 18.2 Å². The number of hydrogen-bond acceptors (Lipinski definition) is 2. The van der Waals surface area contributed by atoms with Crippen LogP contribution in [-0.4, -0.2) is 28.6 Å². The molecule has 1 N–H and O–H groups in total. The molecule has 0 saturated heterocycles. The molecule has 1 aromatic rings. The van der Waals surface area contributed by atoms with Crippen LogP contribution in [0.3, 0.4) is 0 Å². The number of aliphatic carboxylic acids is 1. The van der Waals surface area contributed by atoms with Crippen LogP contribution in [0.4, 0.5) is 0 Å². The standard InChI is InChI=1S/C15H21BrClNO2/c1-10(2)18(8-4-5-15(19)20)11(3)13-7-6-12(16)9-14(13)17/h6-7,9-11H,4-5,8H2,1-3H3,(H,19,20). The number of benzene rings is 1. The third-order valence-electron chi connectivity index (χ3n) is 3.38. The molecule has 0 radical (unpaired) electrons. The minimum absolute atomic E-state index is 0.157. The Morgan fingerprint density at radius 1 is 1.40 bits per heavy atom. The van der Waals surface area contributed by atoms with Crippen molar-refractivity contribution in [3.05, 3.63) is 33.3 Å². The molecule has 0 aromatic heterocycles. The van der Waals surface area contributed by atoms with Crippen molar-refractivity contribution in [3.63, 3.8) is 0 Å². The molecule has 0 aliphatic heterocycles. The summed E-state index contributed by atoms with van der Waals surface area (Å²) in [6, 6.07) is 6.38. The van der Waals surface area contributed by atoms with Crippen LogP contribution in [0.25, 0.3) is 0 Å². The highest BCUT2D eigenvalue weighted by Crippen LogP contribution is 2.31. The predicted molar refractivity (Wildman–Crippen MR) is 86.3 cm³/mol. The molecule has 112 valence electrons. The van der Waals surface area contributed by atoms with E-state index < -0.39 is 5.97 Å². The molecule has 0 fully saturated rings. The molecule has 0 aliphatic rings. The van der Waals surface area contributed by atoms with Crippen LogP contribution in [0.15, 0.2) is 22.7 Å². The summed E-state index contributed by atoms with van der Waals surface area (Å²) in [4.78, 5) is 12.9. The van der Waals surface area contributed by atoms with Gasteiger partial charge in [-0.2, -0.15) is 0 Å². The number of hydrogen-bond donors (Lipinski definition) is 1. The van der Waals surface area contributed by atoms with E-state index in [1.165, 1.54) is 0 Å². The third kappa shape index (κ3) is 5.08. The van der Waals surface area contributed by atoms with Gasteiger partial charge in [-0.3, -0.25) is 9.69 Å². The molecule has 20 heavy (non-hydrogen) atoms. The maximum Gasteiger partial charge on any atom is 0.303 e. The van der Waals surface area contributed by atoms with Gasteiger partial charge in [-0.05, 0) is 51.4 Å². The van der Waals surface area contributed by atoms with E-state index >= 15 is 0 Å². The Bertz CT molecular complexity index is 465. The first-order valence-electron chi connectivity index (χ1n) is 6.75. The molecule has 3 nitrogen and oxygen atoms in total. The fourth-order valence-corrected chi connectivity index (χ4v) is 3.16. The Balaban J connectivity index is 2.82. The lowest BCUT2D eigenvalue weighted by Crippen LogP contribution is -2.34. The average molecular weight is 363 g/mol. The number of nitrogens with zero attached hydrogens (tertiary/aromatic N) is 1. The van der Waals surface area contributed by atoms with Crippen molar-refractivity contribution in [1.82, 2.24) is 4.90 Å². The average Bonchev–Trinajstić information content (AvgIpc) is 2.33. The molecule has 0 amide bonds. The van der Waals surface area contributed by atoms with Crippen LogP contribution in [0.2, 0.25) is 5.02 Å². The first kappa shape index (κ1) is 17.5. The van der Waals surface area contributed by atoms with E-state index in [9.17, 15) is 4.79 Å². The van der Waals surface area contributed by atoms with Crippen LogP contribution in [0.5, 0.6) is 0 Å². The van der Waals surface area contributed by atoms with Gasteiger partial charge in [0.05, 0.1) is 0 Å². The Morgan fingerprint density at radius 2 is 2.05 bits per heavy atom. The van der Waals surface area contributed by atoms with Gasteiger partial charge >= 0.3 is 5.97 Å². The highest BCUT2D eigenvalue weighted by atomic mass is 79.9. The van der Waals surface area contributed by atoms with Crippen LogP contribution in [-0.2, 0) is 4.79 Å². The van der Waals surface area contributed by atoms with Crippen LogP contribution in [0.1, 0.15) is 45.2 Å². The minimum Gasteiger partial charge on any atom is -0.481 e. The van der Waals surface area contributed by atoms with Gasteiger partial charge in [-0.25, -0.2) is 0 Å². The van der Waals surface area contributed by atoms with Crippen LogP contribution >= 0.6 is 27.5 Å². The molecule has 0 heterocycles. The number of carbonyl (C=O) groups is 1. The van der Waals surface area contributed by atoms with E-state index in [4.69, 9.17) is 16.7 Å². The normalized spacial score (nSPS) is 12.9. The first-order valence-corrected chi connectivity index (χ1v) is 7.92.